The second-order valence-electron chi connectivity index (χ2n) is 6.82. The maximum atomic E-state index is 14.8. The number of halogens is 3. The molecule has 4 rings (SSSR count). The van der Waals surface area contributed by atoms with Gasteiger partial charge in [-0.3, -0.25) is 4.79 Å². The molecule has 0 aliphatic heterocycles. The van der Waals surface area contributed by atoms with Crippen molar-refractivity contribution < 1.29 is 18.7 Å². The molecule has 2 N–H and O–H groups in total. The van der Waals surface area contributed by atoms with Crippen LogP contribution in [0.2, 0.25) is 10.3 Å². The van der Waals surface area contributed by atoms with Crippen molar-refractivity contribution in [3.05, 3.63) is 76.3 Å². The van der Waals surface area contributed by atoms with Gasteiger partial charge in [-0.1, -0.05) is 29.8 Å². The van der Waals surface area contributed by atoms with Gasteiger partial charge in [0.05, 0.1) is 36.1 Å². The molecule has 1 aromatic heterocycles. The molecule has 168 valence electrons. The molecule has 1 heterocycles. The van der Waals surface area contributed by atoms with Gasteiger partial charge in [0.25, 0.3) is 5.91 Å². The molecule has 0 bridgehead atoms. The second kappa shape index (κ2) is 9.48. The third kappa shape index (κ3) is 4.76. The van der Waals surface area contributed by atoms with Crippen molar-refractivity contribution in [1.29, 1.82) is 0 Å². The number of carbonyl (C=O) groups excluding carboxylic acids is 1. The summed E-state index contributed by atoms with van der Waals surface area (Å²) in [4.78, 5) is 20.9. The third-order valence-corrected chi connectivity index (χ3v) is 5.25. The Morgan fingerprint density at radius 3 is 2.33 bits per heavy atom. The maximum absolute atomic E-state index is 14.8. The molecule has 0 aliphatic rings. The topological polar surface area (TPSA) is 85.4 Å². The van der Waals surface area contributed by atoms with Gasteiger partial charge in [0, 0.05) is 17.0 Å². The van der Waals surface area contributed by atoms with Crippen LogP contribution in [0, 0.1) is 5.82 Å². The fraction of sp³-hybridized carbons (Fsp3) is 0.0870. The van der Waals surface area contributed by atoms with Crippen LogP contribution in [0.4, 0.5) is 21.6 Å². The lowest BCUT2D eigenvalue weighted by Gasteiger charge is -2.15. The van der Waals surface area contributed by atoms with Crippen molar-refractivity contribution in [2.75, 3.05) is 24.9 Å². The molecule has 33 heavy (non-hydrogen) atoms. The summed E-state index contributed by atoms with van der Waals surface area (Å²) in [5, 5.41) is 6.10. The number of fused-ring (bicyclic) bond motifs is 1. The van der Waals surface area contributed by atoms with E-state index in [1.165, 1.54) is 20.3 Å². The lowest BCUT2D eigenvalue weighted by atomic mass is 10.2. The molecule has 0 spiro atoms. The Bertz CT molecular complexity index is 1350. The monoisotopic (exact) mass is 486 g/mol. The van der Waals surface area contributed by atoms with Crippen LogP contribution in [0.3, 0.4) is 0 Å². The molecule has 0 radical (unpaired) electrons. The van der Waals surface area contributed by atoms with Gasteiger partial charge in [-0.15, -0.1) is 0 Å². The molecular weight excluding hydrogens is 470 g/mol. The molecule has 0 fully saturated rings. The number of aromatic nitrogens is 2. The van der Waals surface area contributed by atoms with E-state index in [4.69, 9.17) is 32.7 Å². The average Bonchev–Trinajstić information content (AvgIpc) is 2.81. The number of carbonyl (C=O) groups is 1. The Morgan fingerprint density at radius 1 is 0.939 bits per heavy atom. The summed E-state index contributed by atoms with van der Waals surface area (Å²) >= 11 is 12.3. The number of methoxy groups -OCH3 is 2. The highest BCUT2D eigenvalue weighted by Gasteiger charge is 2.17. The van der Waals surface area contributed by atoms with E-state index in [1.54, 1.807) is 42.5 Å². The van der Waals surface area contributed by atoms with E-state index in [-0.39, 0.29) is 33.4 Å². The molecule has 0 unspecified atom stereocenters. The van der Waals surface area contributed by atoms with Gasteiger partial charge in [0.2, 0.25) is 5.28 Å². The quantitative estimate of drug-likeness (QED) is 0.320. The van der Waals surface area contributed by atoms with Crippen LogP contribution in [0.25, 0.3) is 10.9 Å². The van der Waals surface area contributed by atoms with Gasteiger partial charge < -0.3 is 20.1 Å². The summed E-state index contributed by atoms with van der Waals surface area (Å²) in [6.45, 7) is 0. The number of hydrogen-bond donors (Lipinski definition) is 2. The molecule has 3 aromatic carbocycles. The molecule has 10 heteroatoms. The summed E-state index contributed by atoms with van der Waals surface area (Å²) in [5.74, 6) is 0.0802. The molecule has 0 aliphatic carbocycles. The highest BCUT2D eigenvalue weighted by molar-refractivity contribution is 6.34. The Labute approximate surface area is 198 Å². The third-order valence-electron chi connectivity index (χ3n) is 4.77. The summed E-state index contributed by atoms with van der Waals surface area (Å²) < 4.78 is 25.4. The number of amides is 1. The van der Waals surface area contributed by atoms with Crippen LogP contribution in [0.5, 0.6) is 11.5 Å². The van der Waals surface area contributed by atoms with E-state index < -0.39 is 5.82 Å². The van der Waals surface area contributed by atoms with E-state index in [1.807, 2.05) is 0 Å². The van der Waals surface area contributed by atoms with Gasteiger partial charge in [-0.2, -0.15) is 4.98 Å². The molecule has 1 amide bonds. The second-order valence-corrected chi connectivity index (χ2v) is 7.57. The standard InChI is InChI=1S/C23H17Cl2FN4O3/c1-32-19-8-13-16(11-20(19)33-2)29-23(25)30-21(13)27-18-10-17(14(24)9-15(18)26)28-22(31)12-6-4-3-5-7-12/h3-11H,1-2H3,(H,28,31)(H,27,29,30). The zero-order chi connectivity index (χ0) is 23.5. The van der Waals surface area contributed by atoms with E-state index in [2.05, 4.69) is 20.6 Å². The Kier molecular flexibility index (Phi) is 6.48. The first-order valence-electron chi connectivity index (χ1n) is 9.61. The fourth-order valence-electron chi connectivity index (χ4n) is 3.17. The molecule has 0 saturated carbocycles. The number of rotatable bonds is 6. The first-order valence-corrected chi connectivity index (χ1v) is 10.4. The van der Waals surface area contributed by atoms with Crippen LogP contribution < -0.4 is 20.1 Å². The fourth-order valence-corrected chi connectivity index (χ4v) is 3.55. The van der Waals surface area contributed by atoms with Crippen molar-refractivity contribution in [1.82, 2.24) is 9.97 Å². The number of anilines is 3. The minimum Gasteiger partial charge on any atom is -0.493 e. The maximum Gasteiger partial charge on any atom is 0.255 e. The first kappa shape index (κ1) is 22.6. The molecule has 7 nitrogen and oxygen atoms in total. The van der Waals surface area contributed by atoms with Crippen LogP contribution in [0.1, 0.15) is 10.4 Å². The highest BCUT2D eigenvalue weighted by Crippen LogP contribution is 2.37. The van der Waals surface area contributed by atoms with Gasteiger partial charge >= 0.3 is 0 Å². The van der Waals surface area contributed by atoms with E-state index in [9.17, 15) is 9.18 Å². The summed E-state index contributed by atoms with van der Waals surface area (Å²) in [6, 6.07) is 14.3. The van der Waals surface area contributed by atoms with Crippen molar-refractivity contribution in [3.8, 4) is 11.5 Å². The van der Waals surface area contributed by atoms with Gasteiger partial charge in [-0.05, 0) is 41.9 Å². The van der Waals surface area contributed by atoms with Gasteiger partial charge in [0.15, 0.2) is 11.5 Å². The van der Waals surface area contributed by atoms with Crippen LogP contribution >= 0.6 is 23.2 Å². The summed E-state index contributed by atoms with van der Waals surface area (Å²) in [5.41, 5.74) is 1.14. The van der Waals surface area contributed by atoms with Crippen LogP contribution in [0.15, 0.2) is 54.6 Å². The zero-order valence-corrected chi connectivity index (χ0v) is 19.0. The number of hydrogen-bond acceptors (Lipinski definition) is 6. The molecule has 0 atom stereocenters. The lowest BCUT2D eigenvalue weighted by Crippen LogP contribution is -2.12. The largest absolute Gasteiger partial charge is 0.493 e. The van der Waals surface area contributed by atoms with E-state index >= 15 is 0 Å². The normalized spacial score (nSPS) is 10.7. The van der Waals surface area contributed by atoms with E-state index in [0.717, 1.165) is 6.07 Å². The van der Waals surface area contributed by atoms with Crippen LogP contribution in [-0.2, 0) is 0 Å². The number of ether oxygens (including phenoxy) is 2. The van der Waals surface area contributed by atoms with Gasteiger partial charge in [-0.25, -0.2) is 9.37 Å². The minimum atomic E-state index is -0.652. The number of benzene rings is 3. The molecule has 0 saturated heterocycles. The highest BCUT2D eigenvalue weighted by atomic mass is 35.5. The average molecular weight is 487 g/mol. The van der Waals surface area contributed by atoms with Crippen molar-refractivity contribution >= 4 is 57.2 Å². The lowest BCUT2D eigenvalue weighted by molar-refractivity contribution is 0.102. The van der Waals surface area contributed by atoms with E-state index in [0.29, 0.717) is 28.0 Å². The number of nitrogens with one attached hydrogen (secondary N) is 2. The van der Waals surface area contributed by atoms with Gasteiger partial charge in [0.1, 0.15) is 11.6 Å². The number of nitrogens with zero attached hydrogens (tertiary/aromatic N) is 2. The van der Waals surface area contributed by atoms with Crippen LogP contribution in [-0.4, -0.2) is 30.1 Å². The molecular formula is C23H17Cl2FN4O3. The van der Waals surface area contributed by atoms with Crippen molar-refractivity contribution in [3.63, 3.8) is 0 Å². The summed E-state index contributed by atoms with van der Waals surface area (Å²) in [7, 11) is 2.99. The minimum absolute atomic E-state index is 0.0219. The summed E-state index contributed by atoms with van der Waals surface area (Å²) in [6.07, 6.45) is 0. The predicted molar refractivity (Wildman–Crippen MR) is 127 cm³/mol. The Hall–Kier alpha value is -3.62. The SMILES string of the molecule is COc1cc2nc(Cl)nc(Nc3cc(NC(=O)c4ccccc4)c(Cl)cc3F)c2cc1OC. The Morgan fingerprint density at radius 2 is 1.64 bits per heavy atom. The smallest absolute Gasteiger partial charge is 0.255 e. The molecule has 4 aromatic rings. The van der Waals surface area contributed by atoms with Crippen molar-refractivity contribution in [2.45, 2.75) is 0 Å². The predicted octanol–water partition coefficient (Wildman–Crippen LogP) is 6.09. The van der Waals surface area contributed by atoms with Crippen molar-refractivity contribution in [2.24, 2.45) is 0 Å². The first-order chi connectivity index (χ1) is 15.9. The Balaban J connectivity index is 1.73. The zero-order valence-electron chi connectivity index (χ0n) is 17.4.